The molecule has 0 aliphatic heterocycles. The van der Waals surface area contributed by atoms with Crippen LogP contribution in [0.4, 0.5) is 16.5 Å². The average Bonchev–Trinajstić information content (AvgIpc) is 3.00. The molecule has 1 amide bonds. The second-order valence-corrected chi connectivity index (χ2v) is 7.42. The van der Waals surface area contributed by atoms with Crippen LogP contribution in [0.2, 0.25) is 0 Å². The summed E-state index contributed by atoms with van der Waals surface area (Å²) in [6.07, 6.45) is 0.990. The number of carbonyl (C=O) groups excluding carboxylic acids is 1. The number of nitro groups is 1. The van der Waals surface area contributed by atoms with Crippen LogP contribution in [0.15, 0.2) is 28.6 Å². The number of thioether (sulfide) groups is 1. The Labute approximate surface area is 147 Å². The van der Waals surface area contributed by atoms with Crippen LogP contribution >= 0.6 is 23.1 Å². The molecule has 24 heavy (non-hydrogen) atoms. The van der Waals surface area contributed by atoms with E-state index in [0.29, 0.717) is 10.0 Å². The maximum absolute atomic E-state index is 12.2. The van der Waals surface area contributed by atoms with Gasteiger partial charge in [-0.15, -0.1) is 10.2 Å². The Morgan fingerprint density at radius 3 is 2.96 bits per heavy atom. The van der Waals surface area contributed by atoms with E-state index in [1.807, 2.05) is 0 Å². The van der Waals surface area contributed by atoms with E-state index in [-0.39, 0.29) is 11.6 Å². The Morgan fingerprint density at radius 1 is 1.46 bits per heavy atom. The molecule has 1 aromatic carbocycles. The number of nitro benzene ring substituents is 1. The van der Waals surface area contributed by atoms with E-state index in [0.717, 1.165) is 18.1 Å². The lowest BCUT2D eigenvalue weighted by Crippen LogP contribution is -2.22. The smallest absolute Gasteiger partial charge is 0.271 e. The monoisotopic (exact) mass is 367 g/mol. The number of nitrogens with zero attached hydrogens (tertiary/aromatic N) is 3. The van der Waals surface area contributed by atoms with Gasteiger partial charge in [-0.2, -0.15) is 0 Å². The van der Waals surface area contributed by atoms with Crippen molar-refractivity contribution in [1.29, 1.82) is 0 Å². The predicted octanol–water partition coefficient (Wildman–Crippen LogP) is 3.39. The van der Waals surface area contributed by atoms with Gasteiger partial charge in [0, 0.05) is 24.4 Å². The highest BCUT2D eigenvalue weighted by Gasteiger charge is 2.18. The summed E-state index contributed by atoms with van der Waals surface area (Å²) in [7, 11) is 0. The first-order chi connectivity index (χ1) is 11.5. The molecule has 0 aliphatic rings. The first kappa shape index (κ1) is 18.1. The molecule has 8 nitrogen and oxygen atoms in total. The average molecular weight is 367 g/mol. The van der Waals surface area contributed by atoms with Crippen LogP contribution in [-0.2, 0) is 4.79 Å². The van der Waals surface area contributed by atoms with Crippen LogP contribution in [0, 0.1) is 10.1 Å². The molecule has 1 heterocycles. The van der Waals surface area contributed by atoms with Gasteiger partial charge in [0.15, 0.2) is 4.34 Å². The van der Waals surface area contributed by atoms with Crippen molar-refractivity contribution >= 4 is 45.5 Å². The van der Waals surface area contributed by atoms with E-state index in [1.54, 1.807) is 13.0 Å². The molecule has 10 heteroatoms. The summed E-state index contributed by atoms with van der Waals surface area (Å²) in [5.41, 5.74) is 0.327. The number of hydrogen-bond donors (Lipinski definition) is 2. The largest absolute Gasteiger partial charge is 0.360 e. The van der Waals surface area contributed by atoms with Gasteiger partial charge in [0.2, 0.25) is 11.0 Å². The minimum Gasteiger partial charge on any atom is -0.360 e. The van der Waals surface area contributed by atoms with E-state index in [2.05, 4.69) is 27.8 Å². The Balaban J connectivity index is 1.93. The van der Waals surface area contributed by atoms with Crippen molar-refractivity contribution < 1.29 is 9.72 Å². The van der Waals surface area contributed by atoms with Crippen LogP contribution < -0.4 is 10.6 Å². The number of nitrogens with one attached hydrogen (secondary N) is 2. The Hall–Kier alpha value is -2.20. The third kappa shape index (κ3) is 5.17. The van der Waals surface area contributed by atoms with Crippen molar-refractivity contribution in [3.8, 4) is 0 Å². The minimum absolute atomic E-state index is 0.0659. The van der Waals surface area contributed by atoms with E-state index in [1.165, 1.54) is 41.3 Å². The third-order valence-corrected chi connectivity index (χ3v) is 4.97. The van der Waals surface area contributed by atoms with E-state index in [9.17, 15) is 14.9 Å². The molecular weight excluding hydrogens is 350 g/mol. The molecule has 0 bridgehead atoms. The topological polar surface area (TPSA) is 110 Å². The summed E-state index contributed by atoms with van der Waals surface area (Å²) in [4.78, 5) is 22.5. The molecular formula is C14H17N5O3S2. The lowest BCUT2D eigenvalue weighted by Gasteiger charge is -2.10. The van der Waals surface area contributed by atoms with E-state index >= 15 is 0 Å². The van der Waals surface area contributed by atoms with Crippen molar-refractivity contribution in [1.82, 2.24) is 10.2 Å². The van der Waals surface area contributed by atoms with Gasteiger partial charge >= 0.3 is 0 Å². The van der Waals surface area contributed by atoms with Crippen molar-refractivity contribution in [3.05, 3.63) is 34.4 Å². The maximum atomic E-state index is 12.2. The molecule has 2 rings (SSSR count). The van der Waals surface area contributed by atoms with Crippen molar-refractivity contribution in [2.75, 3.05) is 17.2 Å². The van der Waals surface area contributed by atoms with Crippen molar-refractivity contribution in [3.63, 3.8) is 0 Å². The summed E-state index contributed by atoms with van der Waals surface area (Å²) < 4.78 is 0.690. The van der Waals surface area contributed by atoms with Gasteiger partial charge in [0.25, 0.3) is 5.69 Å². The van der Waals surface area contributed by atoms with Gasteiger partial charge in [-0.05, 0) is 19.4 Å². The van der Waals surface area contributed by atoms with Gasteiger partial charge in [0.1, 0.15) is 0 Å². The number of hydrogen-bond acceptors (Lipinski definition) is 8. The van der Waals surface area contributed by atoms with Gasteiger partial charge in [0.05, 0.1) is 10.2 Å². The number of benzene rings is 1. The highest BCUT2D eigenvalue weighted by Crippen LogP contribution is 2.29. The zero-order valence-corrected chi connectivity index (χ0v) is 14.8. The van der Waals surface area contributed by atoms with Gasteiger partial charge in [-0.25, -0.2) is 0 Å². The van der Waals surface area contributed by atoms with Crippen LogP contribution in [0.5, 0.6) is 0 Å². The molecule has 0 saturated carbocycles. The quantitative estimate of drug-likeness (QED) is 0.418. The molecule has 1 atom stereocenters. The van der Waals surface area contributed by atoms with Gasteiger partial charge in [-0.3, -0.25) is 14.9 Å². The zero-order valence-electron chi connectivity index (χ0n) is 13.2. The third-order valence-electron chi connectivity index (χ3n) is 2.90. The van der Waals surface area contributed by atoms with E-state index in [4.69, 9.17) is 0 Å². The highest BCUT2D eigenvalue weighted by atomic mass is 32.2. The molecule has 128 valence electrons. The SMILES string of the molecule is CCCNc1nnc(SC(C)C(=O)Nc2cccc([N+](=O)[O-])c2)s1. The molecule has 0 aliphatic carbocycles. The highest BCUT2D eigenvalue weighted by molar-refractivity contribution is 8.02. The molecule has 1 aromatic heterocycles. The van der Waals surface area contributed by atoms with E-state index < -0.39 is 10.2 Å². The molecule has 2 N–H and O–H groups in total. The Morgan fingerprint density at radius 2 is 2.25 bits per heavy atom. The standard InChI is InChI=1S/C14H17N5O3S2/c1-3-7-15-13-17-18-14(24-13)23-9(2)12(20)16-10-5-4-6-11(8-10)19(21)22/h4-6,8-9H,3,7H2,1-2H3,(H,15,17)(H,16,20). The molecule has 0 fully saturated rings. The van der Waals surface area contributed by atoms with Crippen LogP contribution in [0.3, 0.4) is 0 Å². The van der Waals surface area contributed by atoms with Crippen LogP contribution in [0.1, 0.15) is 20.3 Å². The van der Waals surface area contributed by atoms with Gasteiger partial charge < -0.3 is 10.6 Å². The lowest BCUT2D eigenvalue weighted by atomic mass is 10.2. The molecule has 0 spiro atoms. The number of rotatable bonds is 8. The van der Waals surface area contributed by atoms with Gasteiger partial charge in [-0.1, -0.05) is 36.1 Å². The molecule has 0 radical (unpaired) electrons. The summed E-state index contributed by atoms with van der Waals surface area (Å²) in [6.45, 7) is 4.63. The normalized spacial score (nSPS) is 11.8. The number of carbonyl (C=O) groups is 1. The van der Waals surface area contributed by atoms with Crippen LogP contribution in [0.25, 0.3) is 0 Å². The molecule has 2 aromatic rings. The molecule has 1 unspecified atom stereocenters. The summed E-state index contributed by atoms with van der Waals surface area (Å²) in [5, 5.41) is 24.9. The predicted molar refractivity (Wildman–Crippen MR) is 95.7 cm³/mol. The lowest BCUT2D eigenvalue weighted by molar-refractivity contribution is -0.384. The summed E-state index contributed by atoms with van der Waals surface area (Å²) in [5.74, 6) is -0.251. The molecule has 0 saturated heterocycles. The fraction of sp³-hybridized carbons (Fsp3) is 0.357. The number of non-ortho nitro benzene ring substituents is 1. The fourth-order valence-electron chi connectivity index (χ4n) is 1.71. The summed E-state index contributed by atoms with van der Waals surface area (Å²) >= 11 is 2.69. The first-order valence-corrected chi connectivity index (χ1v) is 8.98. The summed E-state index contributed by atoms with van der Waals surface area (Å²) in [6, 6.07) is 5.84. The Kier molecular flexibility index (Phi) is 6.50. The number of aromatic nitrogens is 2. The van der Waals surface area contributed by atoms with Crippen LogP contribution in [-0.4, -0.2) is 32.8 Å². The van der Waals surface area contributed by atoms with Crippen molar-refractivity contribution in [2.45, 2.75) is 29.9 Å². The minimum atomic E-state index is -0.500. The zero-order chi connectivity index (χ0) is 17.5. The Bertz CT molecular complexity index is 722. The second kappa shape index (κ2) is 8.60. The second-order valence-electron chi connectivity index (χ2n) is 4.86. The first-order valence-electron chi connectivity index (χ1n) is 7.29. The van der Waals surface area contributed by atoms with Crippen molar-refractivity contribution in [2.24, 2.45) is 0 Å². The fourth-order valence-corrected chi connectivity index (χ4v) is 3.63. The number of amides is 1. The maximum Gasteiger partial charge on any atom is 0.271 e. The number of anilines is 2.